The van der Waals surface area contributed by atoms with E-state index in [0.717, 1.165) is 28.6 Å². The van der Waals surface area contributed by atoms with Gasteiger partial charge in [-0.1, -0.05) is 12.1 Å². The molecule has 5 nitrogen and oxygen atoms in total. The Balaban J connectivity index is 1.65. The number of amides is 1. The van der Waals surface area contributed by atoms with Crippen molar-refractivity contribution < 1.29 is 13.9 Å². The lowest BCUT2D eigenvalue weighted by molar-refractivity contribution is 0.0945. The Morgan fingerprint density at radius 1 is 1.24 bits per heavy atom. The molecule has 0 fully saturated rings. The summed E-state index contributed by atoms with van der Waals surface area (Å²) in [6.07, 6.45) is 0.766. The molecule has 0 aliphatic carbocycles. The summed E-state index contributed by atoms with van der Waals surface area (Å²) in [5.41, 5.74) is 4.59. The number of anilines is 1. The number of carbonyl (C=O) groups is 1. The number of methoxy groups -OCH3 is 1. The Morgan fingerprint density at radius 2 is 2.08 bits per heavy atom. The van der Waals surface area contributed by atoms with Crippen LogP contribution >= 0.6 is 0 Å². The molecule has 3 aromatic rings. The van der Waals surface area contributed by atoms with Crippen molar-refractivity contribution >= 4 is 22.6 Å². The van der Waals surface area contributed by atoms with Gasteiger partial charge in [0.15, 0.2) is 5.82 Å². The van der Waals surface area contributed by atoms with Crippen LogP contribution in [0.1, 0.15) is 15.9 Å². The largest absolute Gasteiger partial charge is 0.497 e. The normalized spacial score (nSPS) is 13.0. The minimum absolute atomic E-state index is 0.0124. The third kappa shape index (κ3) is 2.76. The molecule has 1 aromatic heterocycles. The summed E-state index contributed by atoms with van der Waals surface area (Å²) in [4.78, 5) is 17.0. The third-order valence-corrected chi connectivity index (χ3v) is 4.30. The molecule has 2 heterocycles. The van der Waals surface area contributed by atoms with Crippen LogP contribution in [0.15, 0.2) is 48.5 Å². The number of halogens is 1. The van der Waals surface area contributed by atoms with E-state index in [1.54, 1.807) is 24.3 Å². The van der Waals surface area contributed by atoms with Crippen molar-refractivity contribution in [1.29, 1.82) is 0 Å². The Morgan fingerprint density at radius 3 is 2.88 bits per heavy atom. The van der Waals surface area contributed by atoms with E-state index in [0.29, 0.717) is 12.4 Å². The molecule has 0 radical (unpaired) electrons. The van der Waals surface area contributed by atoms with Gasteiger partial charge in [0.25, 0.3) is 5.91 Å². The average molecular weight is 337 g/mol. The fourth-order valence-corrected chi connectivity index (χ4v) is 3.00. The Labute approximate surface area is 144 Å². The Kier molecular flexibility index (Phi) is 3.72. The third-order valence-electron chi connectivity index (χ3n) is 4.30. The van der Waals surface area contributed by atoms with Gasteiger partial charge in [-0.25, -0.2) is 9.37 Å². The molecule has 4 rings (SSSR count). The molecule has 1 aliphatic heterocycles. The lowest BCUT2D eigenvalue weighted by Crippen LogP contribution is -2.41. The molecule has 0 saturated carbocycles. The van der Waals surface area contributed by atoms with Gasteiger partial charge in [0, 0.05) is 18.0 Å². The van der Waals surface area contributed by atoms with Gasteiger partial charge in [-0.05, 0) is 42.3 Å². The summed E-state index contributed by atoms with van der Waals surface area (Å²) in [6, 6.07) is 13.7. The summed E-state index contributed by atoms with van der Waals surface area (Å²) in [5.74, 6) is 0.374. The molecule has 0 spiro atoms. The van der Waals surface area contributed by atoms with Crippen LogP contribution in [-0.2, 0) is 6.42 Å². The smallest absolute Gasteiger partial charge is 0.272 e. The summed E-state index contributed by atoms with van der Waals surface area (Å²) in [5, 5.41) is 2.69. The fourth-order valence-electron chi connectivity index (χ4n) is 3.00. The van der Waals surface area contributed by atoms with Crippen LogP contribution in [0, 0.1) is 5.82 Å². The quantitative estimate of drug-likeness (QED) is 0.798. The van der Waals surface area contributed by atoms with Gasteiger partial charge in [0.05, 0.1) is 18.2 Å². The first-order chi connectivity index (χ1) is 12.2. The lowest BCUT2D eigenvalue weighted by Gasteiger charge is -2.20. The van der Waals surface area contributed by atoms with Crippen molar-refractivity contribution in [2.24, 2.45) is 0 Å². The molecular weight excluding hydrogens is 321 g/mol. The average Bonchev–Trinajstić information content (AvgIpc) is 3.01. The minimum Gasteiger partial charge on any atom is -0.497 e. The van der Waals surface area contributed by atoms with Crippen molar-refractivity contribution in [3.8, 4) is 5.75 Å². The first-order valence-electron chi connectivity index (χ1n) is 7.96. The molecule has 126 valence electrons. The van der Waals surface area contributed by atoms with Gasteiger partial charge in [-0.15, -0.1) is 0 Å². The number of nitrogens with zero attached hydrogens (tertiary/aromatic N) is 2. The number of ether oxygens (including phenoxy) is 1. The van der Waals surface area contributed by atoms with E-state index in [2.05, 4.69) is 16.5 Å². The number of rotatable bonds is 3. The van der Waals surface area contributed by atoms with Gasteiger partial charge in [-0.2, -0.15) is 0 Å². The Bertz CT molecular complexity index is 974. The van der Waals surface area contributed by atoms with Crippen LogP contribution < -0.4 is 15.2 Å². The first kappa shape index (κ1) is 15.4. The van der Waals surface area contributed by atoms with Gasteiger partial charge in [-0.3, -0.25) is 15.2 Å². The van der Waals surface area contributed by atoms with Gasteiger partial charge >= 0.3 is 0 Å². The maximum absolute atomic E-state index is 13.8. The van der Waals surface area contributed by atoms with E-state index in [4.69, 9.17) is 4.74 Å². The molecule has 0 unspecified atom stereocenters. The maximum Gasteiger partial charge on any atom is 0.272 e. The molecule has 1 amide bonds. The van der Waals surface area contributed by atoms with E-state index >= 15 is 0 Å². The number of hydrogen-bond acceptors (Lipinski definition) is 4. The van der Waals surface area contributed by atoms with Crippen molar-refractivity contribution in [2.45, 2.75) is 6.42 Å². The van der Waals surface area contributed by atoms with Crippen LogP contribution in [0.4, 0.5) is 10.2 Å². The second-order valence-electron chi connectivity index (χ2n) is 5.85. The van der Waals surface area contributed by atoms with Crippen molar-refractivity contribution in [3.63, 3.8) is 0 Å². The van der Waals surface area contributed by atoms with E-state index in [1.165, 1.54) is 12.1 Å². The predicted octanol–water partition coefficient (Wildman–Crippen LogP) is 3.09. The monoisotopic (exact) mass is 337 g/mol. The summed E-state index contributed by atoms with van der Waals surface area (Å²) < 4.78 is 19.0. The molecular formula is C19H16FN3O2. The van der Waals surface area contributed by atoms with Gasteiger partial charge < -0.3 is 4.74 Å². The lowest BCUT2D eigenvalue weighted by atomic mass is 10.1. The van der Waals surface area contributed by atoms with Crippen molar-refractivity contribution in [2.75, 3.05) is 18.7 Å². The van der Waals surface area contributed by atoms with Crippen LogP contribution in [0.3, 0.4) is 0 Å². The summed E-state index contributed by atoms with van der Waals surface area (Å²) in [7, 11) is 1.61. The highest BCUT2D eigenvalue weighted by Crippen LogP contribution is 2.30. The highest BCUT2D eigenvalue weighted by molar-refractivity contribution is 5.95. The molecule has 1 aliphatic rings. The van der Waals surface area contributed by atoms with E-state index < -0.39 is 11.7 Å². The minimum atomic E-state index is -0.546. The zero-order chi connectivity index (χ0) is 17.4. The number of aromatic nitrogens is 1. The standard InChI is InChI=1S/C19H16FN3O2/c1-25-14-7-6-12-10-13-8-9-23(18(13)21-17(12)11-14)22-19(24)15-4-2-3-5-16(15)20/h2-7,10-11H,8-9H2,1H3,(H,22,24). The SMILES string of the molecule is COc1ccc2cc3c(nc2c1)N(NC(=O)c1ccccc1F)CC3. The number of nitrogens with one attached hydrogen (secondary N) is 1. The molecule has 1 N–H and O–H groups in total. The topological polar surface area (TPSA) is 54.5 Å². The molecule has 2 aromatic carbocycles. The highest BCUT2D eigenvalue weighted by atomic mass is 19.1. The number of hydrogen-bond donors (Lipinski definition) is 1. The van der Waals surface area contributed by atoms with Gasteiger partial charge in [0.2, 0.25) is 0 Å². The maximum atomic E-state index is 13.8. The number of carbonyl (C=O) groups excluding carboxylic acids is 1. The van der Waals surface area contributed by atoms with E-state index in [9.17, 15) is 9.18 Å². The van der Waals surface area contributed by atoms with Crippen molar-refractivity contribution in [3.05, 3.63) is 65.5 Å². The van der Waals surface area contributed by atoms with Crippen molar-refractivity contribution in [1.82, 2.24) is 10.4 Å². The zero-order valence-corrected chi connectivity index (χ0v) is 13.6. The molecule has 0 bridgehead atoms. The van der Waals surface area contributed by atoms with Gasteiger partial charge in [0.1, 0.15) is 11.6 Å². The van der Waals surface area contributed by atoms with Crippen LogP contribution in [0.25, 0.3) is 10.9 Å². The first-order valence-corrected chi connectivity index (χ1v) is 7.96. The van der Waals surface area contributed by atoms with E-state index in [1.807, 2.05) is 18.2 Å². The highest BCUT2D eigenvalue weighted by Gasteiger charge is 2.24. The molecule has 0 atom stereocenters. The van der Waals surface area contributed by atoms with Crippen LogP contribution in [0.5, 0.6) is 5.75 Å². The summed E-state index contributed by atoms with van der Waals surface area (Å²) in [6.45, 7) is 0.593. The Hall–Kier alpha value is -3.15. The zero-order valence-electron chi connectivity index (χ0n) is 13.6. The molecule has 6 heteroatoms. The molecule has 25 heavy (non-hydrogen) atoms. The second-order valence-corrected chi connectivity index (χ2v) is 5.85. The van der Waals surface area contributed by atoms with Crippen LogP contribution in [0.2, 0.25) is 0 Å². The fraction of sp³-hybridized carbons (Fsp3) is 0.158. The second kappa shape index (κ2) is 6.05. The number of hydrazine groups is 1. The number of benzene rings is 2. The number of fused-ring (bicyclic) bond motifs is 2. The molecule has 0 saturated heterocycles. The predicted molar refractivity (Wildman–Crippen MR) is 93.2 cm³/mol. The van der Waals surface area contributed by atoms with E-state index in [-0.39, 0.29) is 5.56 Å². The summed E-state index contributed by atoms with van der Waals surface area (Å²) >= 11 is 0. The van der Waals surface area contributed by atoms with Crippen LogP contribution in [-0.4, -0.2) is 24.5 Å². The number of pyridine rings is 1.